The number of fused-ring (bicyclic) bond motifs is 2. The Balaban J connectivity index is 2.81. The van der Waals surface area contributed by atoms with Crippen LogP contribution in [0, 0.1) is 45.3 Å². The largest absolute Gasteiger partial charge is 0.192 e. The van der Waals surface area contributed by atoms with Crippen LogP contribution < -0.4 is 10.4 Å². The normalized spacial score (nSPS) is 9.75. The van der Waals surface area contributed by atoms with Crippen LogP contribution in [-0.2, 0) is 6.42 Å². The van der Waals surface area contributed by atoms with E-state index in [-0.39, 0.29) is 11.1 Å². The molecule has 0 unspecified atom stereocenters. The zero-order chi connectivity index (χ0) is 20.3. The summed E-state index contributed by atoms with van der Waals surface area (Å²) in [5, 5.41) is 41.8. The summed E-state index contributed by atoms with van der Waals surface area (Å²) in [4.78, 5) is 0. The maximum atomic E-state index is 9.55. The molecule has 0 amide bonds. The highest BCUT2D eigenvalue weighted by Crippen LogP contribution is 2.19. The van der Waals surface area contributed by atoms with Gasteiger partial charge in [0.05, 0.1) is 0 Å². The van der Waals surface area contributed by atoms with Crippen LogP contribution in [0.2, 0.25) is 0 Å². The van der Waals surface area contributed by atoms with Crippen LogP contribution >= 0.6 is 0 Å². The summed E-state index contributed by atoms with van der Waals surface area (Å²) in [5.41, 5.74) is 1.95. The molecule has 130 valence electrons. The van der Waals surface area contributed by atoms with Crippen molar-refractivity contribution in [3.05, 3.63) is 70.6 Å². The molecule has 3 aromatic rings. The standard InChI is InChI=1S/C24H14N4/c1-15(2)9-16-7-8-21-22(10-16)24(18(13-27)14-28)20-6-4-3-5-19(20)23(21)17(11-25)12-26/h3-8,10H,1,9H2,2H3. The van der Waals surface area contributed by atoms with E-state index in [2.05, 4.69) is 6.58 Å². The summed E-state index contributed by atoms with van der Waals surface area (Å²) in [6.45, 7) is 5.87. The molecule has 0 saturated carbocycles. The van der Waals surface area contributed by atoms with Crippen molar-refractivity contribution in [3.63, 3.8) is 0 Å². The van der Waals surface area contributed by atoms with Crippen LogP contribution in [-0.4, -0.2) is 0 Å². The lowest BCUT2D eigenvalue weighted by Crippen LogP contribution is -2.18. The van der Waals surface area contributed by atoms with E-state index in [1.807, 2.05) is 61.5 Å². The van der Waals surface area contributed by atoms with E-state index in [0.29, 0.717) is 38.4 Å². The summed E-state index contributed by atoms with van der Waals surface area (Å²) < 4.78 is 0. The van der Waals surface area contributed by atoms with Gasteiger partial charge in [0.15, 0.2) is 0 Å². The van der Waals surface area contributed by atoms with E-state index >= 15 is 0 Å². The molecular weight excluding hydrogens is 344 g/mol. The van der Waals surface area contributed by atoms with Crippen molar-refractivity contribution in [2.24, 2.45) is 0 Å². The Labute approximate surface area is 162 Å². The van der Waals surface area contributed by atoms with Crippen molar-refractivity contribution in [3.8, 4) is 24.3 Å². The van der Waals surface area contributed by atoms with E-state index in [1.54, 1.807) is 12.1 Å². The molecular formula is C24H14N4. The zero-order valence-electron chi connectivity index (χ0n) is 15.2. The van der Waals surface area contributed by atoms with Crippen molar-refractivity contribution in [2.45, 2.75) is 13.3 Å². The third-order valence-corrected chi connectivity index (χ3v) is 4.54. The predicted molar refractivity (Wildman–Crippen MR) is 108 cm³/mol. The third-order valence-electron chi connectivity index (χ3n) is 4.54. The summed E-state index contributed by atoms with van der Waals surface area (Å²) in [5.74, 6) is 0. The van der Waals surface area contributed by atoms with E-state index in [4.69, 9.17) is 0 Å². The fourth-order valence-corrected chi connectivity index (χ4v) is 3.50. The van der Waals surface area contributed by atoms with Crippen molar-refractivity contribution >= 4 is 32.7 Å². The highest BCUT2D eigenvalue weighted by atomic mass is 14.3. The average Bonchev–Trinajstić information content (AvgIpc) is 2.70. The summed E-state index contributed by atoms with van der Waals surface area (Å²) >= 11 is 0. The first-order valence-corrected chi connectivity index (χ1v) is 8.52. The van der Waals surface area contributed by atoms with Gasteiger partial charge in [-0.3, -0.25) is 0 Å². The number of hydrogen-bond acceptors (Lipinski definition) is 4. The molecule has 3 rings (SSSR count). The van der Waals surface area contributed by atoms with Crippen LogP contribution in [0.15, 0.2) is 54.6 Å². The summed E-state index contributed by atoms with van der Waals surface area (Å²) in [6, 6.07) is 20.8. The fourth-order valence-electron chi connectivity index (χ4n) is 3.50. The van der Waals surface area contributed by atoms with Gasteiger partial charge >= 0.3 is 0 Å². The molecule has 0 aromatic heterocycles. The number of nitrogens with zero attached hydrogens (tertiary/aromatic N) is 4. The maximum absolute atomic E-state index is 9.55. The van der Waals surface area contributed by atoms with Gasteiger partial charge in [-0.05, 0) is 40.5 Å². The van der Waals surface area contributed by atoms with Gasteiger partial charge in [0, 0.05) is 10.4 Å². The van der Waals surface area contributed by atoms with E-state index in [1.165, 1.54) is 0 Å². The van der Waals surface area contributed by atoms with Crippen LogP contribution in [0.4, 0.5) is 0 Å². The minimum Gasteiger partial charge on any atom is -0.192 e. The minimum absolute atomic E-state index is 0.00383. The number of allylic oxidation sites excluding steroid dienone is 1. The van der Waals surface area contributed by atoms with Gasteiger partial charge in [-0.2, -0.15) is 21.0 Å². The van der Waals surface area contributed by atoms with Crippen molar-refractivity contribution in [2.75, 3.05) is 0 Å². The fraction of sp³-hybridized carbons (Fsp3) is 0.0833. The summed E-state index contributed by atoms with van der Waals surface area (Å²) in [7, 11) is 0. The number of hydrogen-bond donors (Lipinski definition) is 0. The lowest BCUT2D eigenvalue weighted by molar-refractivity contribution is 1.16. The molecule has 0 atom stereocenters. The molecule has 0 aliphatic heterocycles. The Morgan fingerprint density at radius 3 is 1.68 bits per heavy atom. The van der Waals surface area contributed by atoms with Gasteiger partial charge in [0.2, 0.25) is 0 Å². The molecule has 0 saturated heterocycles. The monoisotopic (exact) mass is 358 g/mol. The first-order valence-electron chi connectivity index (χ1n) is 8.52. The highest BCUT2D eigenvalue weighted by Gasteiger charge is 2.13. The highest BCUT2D eigenvalue weighted by molar-refractivity contribution is 6.05. The van der Waals surface area contributed by atoms with Crippen LogP contribution in [0.3, 0.4) is 0 Å². The molecule has 0 aliphatic rings. The maximum Gasteiger partial charge on any atom is 0.138 e. The van der Waals surface area contributed by atoms with Crippen molar-refractivity contribution in [1.82, 2.24) is 0 Å². The zero-order valence-corrected chi connectivity index (χ0v) is 15.2. The molecule has 0 heterocycles. The van der Waals surface area contributed by atoms with E-state index < -0.39 is 0 Å². The van der Waals surface area contributed by atoms with Gasteiger partial charge in [-0.1, -0.05) is 54.6 Å². The van der Waals surface area contributed by atoms with Crippen LogP contribution in [0.1, 0.15) is 12.5 Å². The molecule has 4 nitrogen and oxygen atoms in total. The van der Waals surface area contributed by atoms with Crippen LogP contribution in [0.5, 0.6) is 0 Å². The van der Waals surface area contributed by atoms with E-state index in [9.17, 15) is 21.0 Å². The number of nitriles is 4. The second-order valence-corrected chi connectivity index (χ2v) is 6.51. The molecule has 28 heavy (non-hydrogen) atoms. The first-order chi connectivity index (χ1) is 13.5. The predicted octanol–water partition coefficient (Wildman–Crippen LogP) is 3.51. The van der Waals surface area contributed by atoms with Gasteiger partial charge in [0.1, 0.15) is 35.4 Å². The van der Waals surface area contributed by atoms with Gasteiger partial charge in [-0.25, -0.2) is 0 Å². The van der Waals surface area contributed by atoms with Crippen molar-refractivity contribution in [1.29, 1.82) is 21.0 Å². The SMILES string of the molecule is C=C(C)Cc1ccc2c(=C(C#N)C#N)c3ccccc3c(=C(C#N)C#N)c2c1. The molecule has 0 aliphatic carbocycles. The topological polar surface area (TPSA) is 95.2 Å². The second-order valence-electron chi connectivity index (χ2n) is 6.51. The Bertz CT molecular complexity index is 1410. The Kier molecular flexibility index (Phi) is 4.91. The van der Waals surface area contributed by atoms with Crippen molar-refractivity contribution < 1.29 is 0 Å². The molecule has 0 fully saturated rings. The van der Waals surface area contributed by atoms with Gasteiger partial charge < -0.3 is 0 Å². The number of benzene rings is 3. The molecule has 0 bridgehead atoms. The second kappa shape index (κ2) is 7.47. The van der Waals surface area contributed by atoms with Crippen LogP contribution in [0.25, 0.3) is 32.7 Å². The first kappa shape index (κ1) is 18.4. The molecule has 3 aromatic carbocycles. The Morgan fingerprint density at radius 1 is 0.750 bits per heavy atom. The average molecular weight is 358 g/mol. The molecule has 0 N–H and O–H groups in total. The quantitative estimate of drug-likeness (QED) is 0.517. The molecule has 0 radical (unpaired) electrons. The lowest BCUT2D eigenvalue weighted by Gasteiger charge is -2.10. The minimum atomic E-state index is -0.00399. The Hall–Kier alpha value is -4.38. The molecule has 0 spiro atoms. The summed E-state index contributed by atoms with van der Waals surface area (Å²) in [6.07, 6.45) is 0.652. The number of rotatable bonds is 2. The van der Waals surface area contributed by atoms with Gasteiger partial charge in [-0.15, -0.1) is 0 Å². The lowest BCUT2D eigenvalue weighted by atomic mass is 9.92. The molecule has 4 heteroatoms. The smallest absolute Gasteiger partial charge is 0.138 e. The van der Waals surface area contributed by atoms with E-state index in [0.717, 1.165) is 11.1 Å². The Morgan fingerprint density at radius 2 is 1.21 bits per heavy atom. The third kappa shape index (κ3) is 2.97. The van der Waals surface area contributed by atoms with Gasteiger partial charge in [0.25, 0.3) is 0 Å².